The molecule has 0 aliphatic rings. The van der Waals surface area contributed by atoms with Gasteiger partial charge in [0.15, 0.2) is 0 Å². The van der Waals surface area contributed by atoms with Crippen LogP contribution in [0.15, 0.2) is 0 Å². The second-order valence-corrected chi connectivity index (χ2v) is 2.87. The molecule has 0 aliphatic heterocycles. The van der Waals surface area contributed by atoms with Crippen molar-refractivity contribution in [2.45, 2.75) is 41.5 Å². The van der Waals surface area contributed by atoms with Crippen molar-refractivity contribution in [1.82, 2.24) is 16.0 Å². The molecule has 0 saturated heterocycles. The lowest BCUT2D eigenvalue weighted by Gasteiger charge is -1.86. The van der Waals surface area contributed by atoms with Crippen molar-refractivity contribution < 1.29 is 0 Å². The highest BCUT2D eigenvalue weighted by molar-refractivity contribution is 5.75. The Morgan fingerprint density at radius 2 is 0.562 bits per heavy atom. The van der Waals surface area contributed by atoms with Gasteiger partial charge in [-0.25, -0.2) is 0 Å². The highest BCUT2D eigenvalue weighted by Crippen LogP contribution is 1.48. The van der Waals surface area contributed by atoms with Gasteiger partial charge in [0.05, 0.1) is 0 Å². The van der Waals surface area contributed by atoms with Gasteiger partial charge in [-0.05, 0) is 39.3 Å². The first-order valence-electron chi connectivity index (χ1n) is 6.36. The lowest BCUT2D eigenvalue weighted by molar-refractivity contribution is 0.762. The molecule has 3 nitrogen and oxygen atoms in total. The van der Waals surface area contributed by atoms with E-state index in [1.54, 1.807) is 0 Å². The van der Waals surface area contributed by atoms with Gasteiger partial charge in [-0.1, -0.05) is 41.5 Å². The van der Waals surface area contributed by atoms with Crippen LogP contribution in [0.2, 0.25) is 0 Å². The van der Waals surface area contributed by atoms with E-state index >= 15 is 0 Å². The van der Waals surface area contributed by atoms with Crippen LogP contribution in [-0.2, 0) is 0 Å². The highest BCUT2D eigenvalue weighted by atomic mass is 27.0. The molecule has 0 atom stereocenters. The number of rotatable bonds is 6. The molecule has 4 heteroatoms. The first kappa shape index (κ1) is 25.3. The van der Waals surface area contributed by atoms with Crippen LogP contribution in [0.1, 0.15) is 41.5 Å². The predicted molar refractivity (Wildman–Crippen MR) is 78.4 cm³/mol. The third-order valence-electron chi connectivity index (χ3n) is 1.50. The van der Waals surface area contributed by atoms with Crippen molar-refractivity contribution in [1.29, 1.82) is 0 Å². The van der Waals surface area contributed by atoms with Crippen molar-refractivity contribution >= 4 is 17.4 Å². The molecule has 0 fully saturated rings. The van der Waals surface area contributed by atoms with Crippen LogP contribution in [0.25, 0.3) is 0 Å². The van der Waals surface area contributed by atoms with Gasteiger partial charge in [-0.15, -0.1) is 0 Å². The van der Waals surface area contributed by atoms with Gasteiger partial charge in [0.2, 0.25) is 0 Å². The Kier molecular flexibility index (Phi) is 57.2. The van der Waals surface area contributed by atoms with Crippen LogP contribution in [0.5, 0.6) is 0 Å². The van der Waals surface area contributed by atoms with E-state index < -0.39 is 0 Å². The number of nitrogens with one attached hydrogen (secondary N) is 3. The van der Waals surface area contributed by atoms with Crippen molar-refractivity contribution in [3.63, 3.8) is 0 Å². The van der Waals surface area contributed by atoms with E-state index in [-0.39, 0.29) is 17.4 Å². The Morgan fingerprint density at radius 1 is 0.438 bits per heavy atom. The van der Waals surface area contributed by atoms with E-state index in [1.807, 2.05) is 0 Å². The topological polar surface area (TPSA) is 36.1 Å². The van der Waals surface area contributed by atoms with Crippen molar-refractivity contribution in [2.24, 2.45) is 0 Å². The summed E-state index contributed by atoms with van der Waals surface area (Å²) in [4.78, 5) is 0. The Labute approximate surface area is 114 Å². The minimum atomic E-state index is 0. The zero-order chi connectivity index (χ0) is 12.4. The summed E-state index contributed by atoms with van der Waals surface area (Å²) in [6, 6.07) is 0. The van der Waals surface area contributed by atoms with E-state index in [1.165, 1.54) is 0 Å². The largest absolute Gasteiger partial charge is 0.317 e. The van der Waals surface area contributed by atoms with E-state index in [0.29, 0.717) is 0 Å². The highest BCUT2D eigenvalue weighted by Gasteiger charge is 1.63. The fourth-order valence-electron chi connectivity index (χ4n) is 0.750. The second kappa shape index (κ2) is 36.1. The lowest BCUT2D eigenvalue weighted by Crippen LogP contribution is -2.09. The first-order valence-corrected chi connectivity index (χ1v) is 6.36. The smallest absolute Gasteiger partial charge is 0 e. The van der Waals surface area contributed by atoms with Crippen molar-refractivity contribution in [3.05, 3.63) is 0 Å². The van der Waals surface area contributed by atoms with Crippen LogP contribution in [0.3, 0.4) is 0 Å². The minimum Gasteiger partial charge on any atom is -0.317 e. The van der Waals surface area contributed by atoms with Gasteiger partial charge >= 0.3 is 0 Å². The van der Waals surface area contributed by atoms with Crippen molar-refractivity contribution in [3.8, 4) is 0 Å². The third-order valence-corrected chi connectivity index (χ3v) is 1.50. The van der Waals surface area contributed by atoms with E-state index in [0.717, 1.165) is 39.3 Å². The molecule has 3 N–H and O–H groups in total. The molecule has 0 bridgehead atoms. The summed E-state index contributed by atoms with van der Waals surface area (Å²) in [5, 5.41) is 9.33. The zero-order valence-corrected chi connectivity index (χ0v) is 13.5. The van der Waals surface area contributed by atoms with Gasteiger partial charge < -0.3 is 16.0 Å². The summed E-state index contributed by atoms with van der Waals surface area (Å²) < 4.78 is 0. The van der Waals surface area contributed by atoms with E-state index in [9.17, 15) is 0 Å². The van der Waals surface area contributed by atoms with Crippen LogP contribution in [0, 0.1) is 0 Å². The van der Waals surface area contributed by atoms with Gasteiger partial charge in [-0.3, -0.25) is 0 Å². The molecule has 0 aromatic rings. The molecule has 0 aliphatic carbocycles. The van der Waals surface area contributed by atoms with Gasteiger partial charge in [0.1, 0.15) is 0 Å². The molecule has 0 aromatic carbocycles. The fraction of sp³-hybridized carbons (Fsp3) is 1.00. The normalized spacial score (nSPS) is 7.88. The first-order chi connectivity index (χ1) is 7.24. The molecular formula is C12H33AlN3. The van der Waals surface area contributed by atoms with Crippen molar-refractivity contribution in [2.75, 3.05) is 39.3 Å². The standard InChI is InChI=1S/3C4H11N.Al/c3*1-3-5-4-2;/h3*5H,3-4H2,1-2H3;. The molecule has 3 radical (unpaired) electrons. The maximum atomic E-state index is 3.11. The molecule has 0 saturated carbocycles. The Bertz CT molecular complexity index is 53.0. The van der Waals surface area contributed by atoms with Gasteiger partial charge in [0.25, 0.3) is 0 Å². The Hall–Kier alpha value is 0.412. The SMILES string of the molecule is CCNCC.CCNCC.CCNCC.[Al]. The molecular weight excluding hydrogens is 213 g/mol. The Morgan fingerprint density at radius 3 is 0.562 bits per heavy atom. The molecule has 0 spiro atoms. The number of hydrogen-bond acceptors (Lipinski definition) is 3. The molecule has 0 heterocycles. The summed E-state index contributed by atoms with van der Waals surface area (Å²) in [5.41, 5.74) is 0. The molecule has 0 rings (SSSR count). The molecule has 0 amide bonds. The predicted octanol–water partition coefficient (Wildman–Crippen LogP) is 1.47. The quantitative estimate of drug-likeness (QED) is 0.621. The summed E-state index contributed by atoms with van der Waals surface area (Å²) >= 11 is 0. The van der Waals surface area contributed by atoms with Gasteiger partial charge in [-0.2, -0.15) is 0 Å². The average molecular weight is 246 g/mol. The Balaban J connectivity index is -0.0000000655. The third kappa shape index (κ3) is 63.1. The van der Waals surface area contributed by atoms with Crippen LogP contribution in [0.4, 0.5) is 0 Å². The molecule has 99 valence electrons. The fourth-order valence-corrected chi connectivity index (χ4v) is 0.750. The summed E-state index contributed by atoms with van der Waals surface area (Å²) in [6.45, 7) is 19.2. The monoisotopic (exact) mass is 246 g/mol. The second-order valence-electron chi connectivity index (χ2n) is 2.87. The van der Waals surface area contributed by atoms with Crippen LogP contribution in [-0.4, -0.2) is 56.6 Å². The van der Waals surface area contributed by atoms with Crippen LogP contribution < -0.4 is 16.0 Å². The maximum absolute atomic E-state index is 3.11. The summed E-state index contributed by atoms with van der Waals surface area (Å²) in [6.07, 6.45) is 0. The summed E-state index contributed by atoms with van der Waals surface area (Å²) in [5.74, 6) is 0. The van der Waals surface area contributed by atoms with E-state index in [4.69, 9.17) is 0 Å². The van der Waals surface area contributed by atoms with Gasteiger partial charge in [0, 0.05) is 17.4 Å². The van der Waals surface area contributed by atoms with Crippen LogP contribution >= 0.6 is 0 Å². The minimum absolute atomic E-state index is 0. The van der Waals surface area contributed by atoms with E-state index in [2.05, 4.69) is 57.5 Å². The lowest BCUT2D eigenvalue weighted by atomic mass is 10.7. The molecule has 16 heavy (non-hydrogen) atoms. The average Bonchev–Trinajstić information content (AvgIpc) is 2.23. The zero-order valence-electron chi connectivity index (χ0n) is 12.3. The maximum Gasteiger partial charge on any atom is 0 e. The number of hydrogen-bond donors (Lipinski definition) is 3. The molecule has 0 aromatic heterocycles. The summed E-state index contributed by atoms with van der Waals surface area (Å²) in [7, 11) is 0. The molecule has 0 unspecified atom stereocenters.